The predicted molar refractivity (Wildman–Crippen MR) is 74.5 cm³/mol. The number of pyridine rings is 1. The lowest BCUT2D eigenvalue weighted by Gasteiger charge is -2.07. The third-order valence-electron chi connectivity index (χ3n) is 2.73. The Kier molecular flexibility index (Phi) is 3.11. The summed E-state index contributed by atoms with van der Waals surface area (Å²) in [6.45, 7) is 0. The molecule has 0 unspecified atom stereocenters. The van der Waals surface area contributed by atoms with Crippen LogP contribution in [-0.2, 0) is 0 Å². The monoisotopic (exact) mass is 287 g/mol. The summed E-state index contributed by atoms with van der Waals surface area (Å²) in [5, 5.41) is 16.2. The largest absolute Gasteiger partial charge is 0.384 e. The summed E-state index contributed by atoms with van der Waals surface area (Å²) in [6, 6.07) is 10.1. The summed E-state index contributed by atoms with van der Waals surface area (Å²) in [4.78, 5) is 0.538. The van der Waals surface area contributed by atoms with Gasteiger partial charge in [-0.3, -0.25) is 9.81 Å². The first-order valence-electron chi connectivity index (χ1n) is 5.77. The number of aromatic nitrogens is 3. The van der Waals surface area contributed by atoms with Gasteiger partial charge in [0, 0.05) is 11.1 Å². The van der Waals surface area contributed by atoms with E-state index in [1.165, 1.54) is 17.8 Å². The number of nitrogens with two attached hydrogens (primary N) is 1. The lowest BCUT2D eigenvalue weighted by atomic mass is 10.2. The number of amidine groups is 1. The van der Waals surface area contributed by atoms with Crippen molar-refractivity contribution in [2.75, 3.05) is 0 Å². The Hall–Kier alpha value is -2.41. The SMILES string of the molecule is N=C(N)c1c(F)cccc1Sc1nnc2ccccn12. The molecule has 0 aliphatic heterocycles. The minimum atomic E-state index is -0.517. The molecule has 0 bridgehead atoms. The molecule has 5 nitrogen and oxygen atoms in total. The molecular formula is C13H10FN5S. The van der Waals surface area contributed by atoms with E-state index in [-0.39, 0.29) is 11.4 Å². The average Bonchev–Trinajstić information content (AvgIpc) is 2.82. The van der Waals surface area contributed by atoms with Gasteiger partial charge in [-0.1, -0.05) is 12.1 Å². The van der Waals surface area contributed by atoms with E-state index in [0.29, 0.717) is 15.7 Å². The van der Waals surface area contributed by atoms with Gasteiger partial charge in [-0.25, -0.2) is 4.39 Å². The molecular weight excluding hydrogens is 277 g/mol. The Labute approximate surface area is 118 Å². The van der Waals surface area contributed by atoms with Gasteiger partial charge < -0.3 is 5.73 Å². The van der Waals surface area contributed by atoms with Crippen molar-refractivity contribution < 1.29 is 4.39 Å². The zero-order valence-corrected chi connectivity index (χ0v) is 11.1. The molecule has 0 amide bonds. The molecule has 0 spiro atoms. The molecule has 0 radical (unpaired) electrons. The normalized spacial score (nSPS) is 10.8. The van der Waals surface area contributed by atoms with Crippen molar-refractivity contribution in [2.24, 2.45) is 5.73 Å². The van der Waals surface area contributed by atoms with Gasteiger partial charge in [0.1, 0.15) is 11.7 Å². The van der Waals surface area contributed by atoms with Crippen molar-refractivity contribution in [3.8, 4) is 0 Å². The van der Waals surface area contributed by atoms with E-state index in [2.05, 4.69) is 10.2 Å². The number of halogens is 1. The lowest BCUT2D eigenvalue weighted by molar-refractivity contribution is 0.621. The van der Waals surface area contributed by atoms with Gasteiger partial charge in [-0.2, -0.15) is 0 Å². The third-order valence-corrected chi connectivity index (χ3v) is 3.75. The highest BCUT2D eigenvalue weighted by molar-refractivity contribution is 7.99. The summed E-state index contributed by atoms with van der Waals surface area (Å²) in [7, 11) is 0. The van der Waals surface area contributed by atoms with E-state index >= 15 is 0 Å². The van der Waals surface area contributed by atoms with Crippen LogP contribution in [0.25, 0.3) is 5.65 Å². The molecule has 3 N–H and O–H groups in total. The summed E-state index contributed by atoms with van der Waals surface area (Å²) in [5.41, 5.74) is 6.24. The van der Waals surface area contributed by atoms with Crippen LogP contribution in [0.3, 0.4) is 0 Å². The van der Waals surface area contributed by atoms with Gasteiger partial charge in [-0.15, -0.1) is 10.2 Å². The maximum atomic E-state index is 13.8. The minimum Gasteiger partial charge on any atom is -0.384 e. The van der Waals surface area contributed by atoms with Gasteiger partial charge in [-0.05, 0) is 36.0 Å². The summed E-state index contributed by atoms with van der Waals surface area (Å²) >= 11 is 1.22. The number of benzene rings is 1. The zero-order chi connectivity index (χ0) is 14.1. The summed E-state index contributed by atoms with van der Waals surface area (Å²) in [5.74, 6) is -0.823. The number of hydrogen-bond acceptors (Lipinski definition) is 4. The summed E-state index contributed by atoms with van der Waals surface area (Å²) < 4.78 is 15.6. The highest BCUT2D eigenvalue weighted by atomic mass is 32.2. The second kappa shape index (κ2) is 4.93. The maximum Gasteiger partial charge on any atom is 0.200 e. The van der Waals surface area contributed by atoms with Gasteiger partial charge in [0.05, 0.1) is 5.56 Å². The van der Waals surface area contributed by atoms with Crippen LogP contribution >= 0.6 is 11.8 Å². The fraction of sp³-hybridized carbons (Fsp3) is 0. The highest BCUT2D eigenvalue weighted by Crippen LogP contribution is 2.30. The van der Waals surface area contributed by atoms with E-state index < -0.39 is 5.82 Å². The Morgan fingerprint density at radius 1 is 1.20 bits per heavy atom. The quantitative estimate of drug-likeness (QED) is 0.572. The number of nitrogen functional groups attached to an aromatic ring is 1. The molecule has 0 fully saturated rings. The van der Waals surface area contributed by atoms with Crippen LogP contribution in [-0.4, -0.2) is 20.4 Å². The van der Waals surface area contributed by atoms with Crippen molar-refractivity contribution in [3.63, 3.8) is 0 Å². The smallest absolute Gasteiger partial charge is 0.200 e. The Balaban J connectivity index is 2.08. The molecule has 20 heavy (non-hydrogen) atoms. The second-order valence-corrected chi connectivity index (χ2v) is 5.05. The van der Waals surface area contributed by atoms with Crippen molar-refractivity contribution in [1.29, 1.82) is 5.41 Å². The molecule has 1 aromatic carbocycles. The first kappa shape index (κ1) is 12.6. The van der Waals surface area contributed by atoms with E-state index in [4.69, 9.17) is 11.1 Å². The molecule has 0 aliphatic rings. The highest BCUT2D eigenvalue weighted by Gasteiger charge is 2.15. The Morgan fingerprint density at radius 2 is 2.05 bits per heavy atom. The number of hydrogen-bond donors (Lipinski definition) is 2. The van der Waals surface area contributed by atoms with Crippen LogP contribution in [0.15, 0.2) is 52.6 Å². The van der Waals surface area contributed by atoms with Crippen molar-refractivity contribution in [3.05, 3.63) is 54.0 Å². The molecule has 2 aromatic heterocycles. The topological polar surface area (TPSA) is 80.1 Å². The fourth-order valence-corrected chi connectivity index (χ4v) is 2.83. The molecule has 3 rings (SSSR count). The fourth-order valence-electron chi connectivity index (χ4n) is 1.84. The van der Waals surface area contributed by atoms with Gasteiger partial charge >= 0.3 is 0 Å². The van der Waals surface area contributed by atoms with E-state index in [1.54, 1.807) is 16.5 Å². The molecule has 100 valence electrons. The predicted octanol–water partition coefficient (Wildman–Crippen LogP) is 2.30. The van der Waals surface area contributed by atoms with Gasteiger partial charge in [0.25, 0.3) is 0 Å². The number of rotatable bonds is 3. The van der Waals surface area contributed by atoms with Crippen LogP contribution in [0.2, 0.25) is 0 Å². The lowest BCUT2D eigenvalue weighted by Crippen LogP contribution is -2.14. The van der Waals surface area contributed by atoms with E-state index in [9.17, 15) is 4.39 Å². The molecule has 2 heterocycles. The molecule has 0 aliphatic carbocycles. The molecule has 0 atom stereocenters. The maximum absolute atomic E-state index is 13.8. The average molecular weight is 287 g/mol. The first-order valence-corrected chi connectivity index (χ1v) is 6.59. The van der Waals surface area contributed by atoms with E-state index in [1.807, 2.05) is 24.4 Å². The van der Waals surface area contributed by atoms with Crippen LogP contribution in [0.1, 0.15) is 5.56 Å². The van der Waals surface area contributed by atoms with Crippen LogP contribution < -0.4 is 5.73 Å². The minimum absolute atomic E-state index is 0.0881. The second-order valence-electron chi connectivity index (χ2n) is 4.04. The molecule has 7 heteroatoms. The molecule has 0 saturated heterocycles. The van der Waals surface area contributed by atoms with Crippen LogP contribution in [0.5, 0.6) is 0 Å². The Morgan fingerprint density at radius 3 is 2.85 bits per heavy atom. The van der Waals surface area contributed by atoms with E-state index in [0.717, 1.165) is 0 Å². The van der Waals surface area contributed by atoms with Gasteiger partial charge in [0.2, 0.25) is 0 Å². The molecule has 0 saturated carbocycles. The summed E-state index contributed by atoms with van der Waals surface area (Å²) in [6.07, 6.45) is 1.82. The zero-order valence-electron chi connectivity index (χ0n) is 10.2. The number of nitrogens with one attached hydrogen (secondary N) is 1. The third kappa shape index (κ3) is 2.12. The van der Waals surface area contributed by atoms with Crippen LogP contribution in [0, 0.1) is 11.2 Å². The first-order chi connectivity index (χ1) is 9.66. The van der Waals surface area contributed by atoms with Crippen molar-refractivity contribution in [2.45, 2.75) is 10.1 Å². The number of nitrogens with zero attached hydrogens (tertiary/aromatic N) is 3. The van der Waals surface area contributed by atoms with Crippen molar-refractivity contribution >= 4 is 23.2 Å². The van der Waals surface area contributed by atoms with Gasteiger partial charge in [0.15, 0.2) is 10.8 Å². The standard InChI is InChI=1S/C13H10FN5S/c14-8-4-3-5-9(11(8)12(15)16)20-13-18-17-10-6-1-2-7-19(10)13/h1-7H,(H3,15,16). The Bertz CT molecular complexity index is 798. The van der Waals surface area contributed by atoms with Crippen molar-refractivity contribution in [1.82, 2.24) is 14.6 Å². The number of fused-ring (bicyclic) bond motifs is 1. The van der Waals surface area contributed by atoms with Crippen LogP contribution in [0.4, 0.5) is 4.39 Å². The molecule has 3 aromatic rings.